The van der Waals surface area contributed by atoms with Gasteiger partial charge in [-0.3, -0.25) is 4.31 Å². The molecule has 0 unspecified atom stereocenters. The lowest BCUT2D eigenvalue weighted by molar-refractivity contribution is -0.138. The highest BCUT2D eigenvalue weighted by atomic mass is 32.2. The standard InChI is InChI=1S/C18H20FNO4S/c1-12-8-13(2)10-14(9-12)11-17(18(21)22)20(25(3,23)24)16-6-4-15(19)5-7-16/h4-10,17H,11H2,1-3H3,(H,21,22)/t17-/m1/s1. The molecule has 0 saturated heterocycles. The van der Waals surface area contributed by atoms with E-state index in [9.17, 15) is 22.7 Å². The van der Waals surface area contributed by atoms with Crippen LogP contribution in [-0.4, -0.2) is 31.8 Å². The Bertz CT molecular complexity index is 858. The van der Waals surface area contributed by atoms with Gasteiger partial charge in [-0.25, -0.2) is 17.6 Å². The maximum atomic E-state index is 13.2. The fraction of sp³-hybridized carbons (Fsp3) is 0.278. The van der Waals surface area contributed by atoms with Crippen molar-refractivity contribution in [3.05, 3.63) is 65.0 Å². The second-order valence-electron chi connectivity index (χ2n) is 6.09. The van der Waals surface area contributed by atoms with Crippen molar-refractivity contribution in [1.29, 1.82) is 0 Å². The lowest BCUT2D eigenvalue weighted by Gasteiger charge is -2.29. The van der Waals surface area contributed by atoms with Gasteiger partial charge in [-0.15, -0.1) is 0 Å². The molecule has 7 heteroatoms. The molecule has 0 aromatic heterocycles. The van der Waals surface area contributed by atoms with Gasteiger partial charge >= 0.3 is 5.97 Å². The summed E-state index contributed by atoms with van der Waals surface area (Å²) in [5.74, 6) is -1.80. The Morgan fingerprint density at radius 3 is 2.08 bits per heavy atom. The van der Waals surface area contributed by atoms with E-state index in [1.54, 1.807) is 0 Å². The molecule has 25 heavy (non-hydrogen) atoms. The summed E-state index contributed by atoms with van der Waals surface area (Å²) >= 11 is 0. The fourth-order valence-corrected chi connectivity index (χ4v) is 4.00. The normalized spacial score (nSPS) is 12.6. The maximum Gasteiger partial charge on any atom is 0.327 e. The van der Waals surface area contributed by atoms with Gasteiger partial charge in [0, 0.05) is 6.42 Å². The molecule has 2 aromatic rings. The number of carbonyl (C=O) groups is 1. The van der Waals surface area contributed by atoms with Crippen LogP contribution in [0.4, 0.5) is 10.1 Å². The third-order valence-electron chi connectivity index (χ3n) is 3.72. The fourth-order valence-electron chi connectivity index (χ4n) is 2.87. The number of hydrogen-bond acceptors (Lipinski definition) is 3. The minimum Gasteiger partial charge on any atom is -0.480 e. The molecule has 0 aliphatic rings. The van der Waals surface area contributed by atoms with Crippen LogP contribution in [0.2, 0.25) is 0 Å². The van der Waals surface area contributed by atoms with Crippen molar-refractivity contribution >= 4 is 21.7 Å². The average molecular weight is 365 g/mol. The van der Waals surface area contributed by atoms with Gasteiger partial charge in [0.2, 0.25) is 10.0 Å². The van der Waals surface area contributed by atoms with E-state index in [0.29, 0.717) is 0 Å². The first-order valence-corrected chi connectivity index (χ1v) is 9.47. The molecular formula is C18H20FNO4S. The number of benzene rings is 2. The third kappa shape index (κ3) is 4.79. The van der Waals surface area contributed by atoms with Crippen molar-refractivity contribution in [2.24, 2.45) is 0 Å². The maximum absolute atomic E-state index is 13.2. The number of rotatable bonds is 6. The highest BCUT2D eigenvalue weighted by molar-refractivity contribution is 7.92. The van der Waals surface area contributed by atoms with Crippen molar-refractivity contribution < 1.29 is 22.7 Å². The number of aryl methyl sites for hydroxylation is 2. The van der Waals surface area contributed by atoms with Gasteiger partial charge in [-0.2, -0.15) is 0 Å². The minimum absolute atomic E-state index is 0.00228. The Labute approximate surface area is 146 Å². The van der Waals surface area contributed by atoms with Crippen LogP contribution < -0.4 is 4.31 Å². The van der Waals surface area contributed by atoms with Crippen LogP contribution in [-0.2, 0) is 21.2 Å². The molecule has 0 aliphatic heterocycles. The van der Waals surface area contributed by atoms with Crippen LogP contribution in [0.25, 0.3) is 0 Å². The van der Waals surface area contributed by atoms with Gasteiger partial charge in [0.25, 0.3) is 0 Å². The van der Waals surface area contributed by atoms with Crippen LogP contribution in [0.3, 0.4) is 0 Å². The van der Waals surface area contributed by atoms with Gasteiger partial charge in [-0.1, -0.05) is 29.3 Å². The number of halogens is 1. The van der Waals surface area contributed by atoms with Gasteiger partial charge in [0.05, 0.1) is 11.9 Å². The Morgan fingerprint density at radius 2 is 1.64 bits per heavy atom. The summed E-state index contributed by atoms with van der Waals surface area (Å²) in [6.45, 7) is 3.78. The molecule has 5 nitrogen and oxygen atoms in total. The molecule has 2 aromatic carbocycles. The van der Waals surface area contributed by atoms with Crippen LogP contribution >= 0.6 is 0 Å². The van der Waals surface area contributed by atoms with Gasteiger partial charge in [0.15, 0.2) is 0 Å². The van der Waals surface area contributed by atoms with E-state index < -0.39 is 27.9 Å². The highest BCUT2D eigenvalue weighted by Crippen LogP contribution is 2.24. The van der Waals surface area contributed by atoms with Crippen LogP contribution in [0.15, 0.2) is 42.5 Å². The molecule has 2 rings (SSSR count). The van der Waals surface area contributed by atoms with Gasteiger partial charge < -0.3 is 5.11 Å². The summed E-state index contributed by atoms with van der Waals surface area (Å²) in [7, 11) is -3.89. The first-order chi connectivity index (χ1) is 11.6. The number of anilines is 1. The quantitative estimate of drug-likeness (QED) is 0.854. The SMILES string of the molecule is Cc1cc(C)cc(C[C@H](C(=O)O)N(c2ccc(F)cc2)S(C)(=O)=O)c1. The first kappa shape index (κ1) is 18.9. The molecular weight excluding hydrogens is 345 g/mol. The van der Waals surface area contributed by atoms with Crippen LogP contribution in [0, 0.1) is 19.7 Å². The second kappa shape index (κ2) is 7.23. The van der Waals surface area contributed by atoms with E-state index in [1.165, 1.54) is 12.1 Å². The Kier molecular flexibility index (Phi) is 5.47. The molecule has 0 fully saturated rings. The summed E-state index contributed by atoms with van der Waals surface area (Å²) in [6.07, 6.45) is 0.941. The van der Waals surface area contributed by atoms with Crippen molar-refractivity contribution in [1.82, 2.24) is 0 Å². The molecule has 0 spiro atoms. The number of hydrogen-bond donors (Lipinski definition) is 1. The predicted octanol–water partition coefficient (Wildman–Crippen LogP) is 2.90. The van der Waals surface area contributed by atoms with Gasteiger partial charge in [-0.05, 0) is 43.7 Å². The molecule has 1 atom stereocenters. The number of nitrogens with zero attached hydrogens (tertiary/aromatic N) is 1. The first-order valence-electron chi connectivity index (χ1n) is 7.63. The van der Waals surface area contributed by atoms with Crippen molar-refractivity contribution in [2.45, 2.75) is 26.3 Å². The van der Waals surface area contributed by atoms with E-state index >= 15 is 0 Å². The Hall–Kier alpha value is -2.41. The Balaban J connectivity index is 2.49. The summed E-state index contributed by atoms with van der Waals surface area (Å²) in [5, 5.41) is 9.64. The van der Waals surface area contributed by atoms with Crippen LogP contribution in [0.5, 0.6) is 0 Å². The second-order valence-corrected chi connectivity index (χ2v) is 7.95. The molecule has 0 radical (unpaired) electrons. The summed E-state index contributed by atoms with van der Waals surface area (Å²) in [6, 6.07) is 8.99. The largest absolute Gasteiger partial charge is 0.480 e. The molecule has 0 aliphatic carbocycles. The molecule has 0 amide bonds. The Morgan fingerprint density at radius 1 is 1.12 bits per heavy atom. The van der Waals surface area contributed by atoms with E-state index in [-0.39, 0.29) is 12.1 Å². The number of aliphatic carboxylic acids is 1. The van der Waals surface area contributed by atoms with E-state index in [0.717, 1.165) is 39.4 Å². The summed E-state index contributed by atoms with van der Waals surface area (Å²) in [4.78, 5) is 11.8. The summed E-state index contributed by atoms with van der Waals surface area (Å²) < 4.78 is 38.5. The lowest BCUT2D eigenvalue weighted by atomic mass is 10.0. The smallest absolute Gasteiger partial charge is 0.327 e. The van der Waals surface area contributed by atoms with Gasteiger partial charge in [0.1, 0.15) is 11.9 Å². The third-order valence-corrected chi connectivity index (χ3v) is 4.90. The number of carboxylic acids is 1. The minimum atomic E-state index is -3.89. The summed E-state index contributed by atoms with van der Waals surface area (Å²) in [5.41, 5.74) is 2.76. The molecule has 1 N–H and O–H groups in total. The topological polar surface area (TPSA) is 74.7 Å². The van der Waals surface area contributed by atoms with Crippen LogP contribution in [0.1, 0.15) is 16.7 Å². The lowest BCUT2D eigenvalue weighted by Crippen LogP contribution is -2.46. The van der Waals surface area contributed by atoms with Crippen molar-refractivity contribution in [3.63, 3.8) is 0 Å². The highest BCUT2D eigenvalue weighted by Gasteiger charge is 2.33. The number of sulfonamides is 1. The zero-order chi connectivity index (χ0) is 18.8. The molecule has 0 heterocycles. The predicted molar refractivity (Wildman–Crippen MR) is 94.8 cm³/mol. The van der Waals surface area contributed by atoms with E-state index in [1.807, 2.05) is 32.0 Å². The monoisotopic (exact) mass is 365 g/mol. The zero-order valence-corrected chi connectivity index (χ0v) is 15.0. The molecule has 134 valence electrons. The van der Waals surface area contributed by atoms with Crippen molar-refractivity contribution in [2.75, 3.05) is 10.6 Å². The number of carboxylic acid groups (broad SMARTS) is 1. The molecule has 0 bridgehead atoms. The molecule has 0 saturated carbocycles. The zero-order valence-electron chi connectivity index (χ0n) is 14.2. The van der Waals surface area contributed by atoms with Crippen molar-refractivity contribution in [3.8, 4) is 0 Å². The average Bonchev–Trinajstić information content (AvgIpc) is 2.46. The van der Waals surface area contributed by atoms with E-state index in [4.69, 9.17) is 0 Å². The van der Waals surface area contributed by atoms with E-state index in [2.05, 4.69) is 0 Å².